The van der Waals surface area contributed by atoms with Crippen LogP contribution in [0, 0.1) is 0 Å². The predicted molar refractivity (Wildman–Crippen MR) is 79.8 cm³/mol. The molecule has 0 aromatic heterocycles. The molecule has 0 amide bonds. The van der Waals surface area contributed by atoms with Crippen molar-refractivity contribution in [2.45, 2.75) is 25.2 Å². The molecular formula is C18H13ClF6Ti. The first kappa shape index (κ1) is 21.1. The Bertz CT molecular complexity index is 769. The summed E-state index contributed by atoms with van der Waals surface area (Å²) < 4.78 is 81.2. The molecule has 2 aliphatic rings. The summed E-state index contributed by atoms with van der Waals surface area (Å²) in [7, 11) is 0. The van der Waals surface area contributed by atoms with Crippen molar-refractivity contribution in [3.8, 4) is 0 Å². The molecule has 0 saturated heterocycles. The maximum Gasteiger partial charge on any atom is -1.00 e. The Morgan fingerprint density at radius 3 is 1.69 bits per heavy atom. The number of allylic oxidation sites excluding steroid dienone is 8. The average Bonchev–Trinajstić information content (AvgIpc) is 3.19. The number of halogens is 7. The first-order valence-corrected chi connectivity index (χ1v) is 9.90. The van der Waals surface area contributed by atoms with Gasteiger partial charge in [0, 0.05) is 0 Å². The second-order valence-electron chi connectivity index (χ2n) is 5.78. The summed E-state index contributed by atoms with van der Waals surface area (Å²) >= 11 is -2.91. The van der Waals surface area contributed by atoms with Gasteiger partial charge in [-0.05, 0) is 0 Å². The first-order valence-electron chi connectivity index (χ1n) is 7.56. The molecule has 0 unspecified atom stereocenters. The second-order valence-corrected chi connectivity index (χ2v) is 9.80. The molecule has 0 saturated carbocycles. The van der Waals surface area contributed by atoms with Gasteiger partial charge in [0.2, 0.25) is 0 Å². The monoisotopic (exact) mass is 426 g/mol. The van der Waals surface area contributed by atoms with Gasteiger partial charge in [0.1, 0.15) is 0 Å². The third-order valence-electron chi connectivity index (χ3n) is 4.11. The molecule has 138 valence electrons. The molecule has 1 aromatic carbocycles. The van der Waals surface area contributed by atoms with E-state index in [4.69, 9.17) is 0 Å². The zero-order chi connectivity index (χ0) is 18.2. The van der Waals surface area contributed by atoms with Crippen molar-refractivity contribution < 1.29 is 56.6 Å². The van der Waals surface area contributed by atoms with E-state index in [1.807, 2.05) is 12.2 Å². The van der Waals surface area contributed by atoms with Gasteiger partial charge in [0.25, 0.3) is 0 Å². The molecule has 0 aliphatic heterocycles. The largest absolute Gasteiger partial charge is 1.00 e. The Morgan fingerprint density at radius 1 is 0.769 bits per heavy atom. The fraction of sp³-hybridized carbons (Fsp3) is 0.222. The Hall–Kier alpha value is -1.24. The van der Waals surface area contributed by atoms with Gasteiger partial charge in [-0.25, -0.2) is 0 Å². The summed E-state index contributed by atoms with van der Waals surface area (Å²) in [4.78, 5) is 0. The molecule has 0 heterocycles. The quantitative estimate of drug-likeness (QED) is 0.515. The van der Waals surface area contributed by atoms with Crippen molar-refractivity contribution in [2.24, 2.45) is 0 Å². The molecule has 0 atom stereocenters. The summed E-state index contributed by atoms with van der Waals surface area (Å²) in [6.45, 7) is 0. The first-order chi connectivity index (χ1) is 11.7. The van der Waals surface area contributed by atoms with E-state index < -0.39 is 41.4 Å². The molecule has 0 N–H and O–H groups in total. The molecule has 0 fully saturated rings. The number of hydrogen-bond acceptors (Lipinski definition) is 0. The van der Waals surface area contributed by atoms with Crippen molar-refractivity contribution in [2.75, 3.05) is 0 Å². The van der Waals surface area contributed by atoms with E-state index in [1.165, 1.54) is 0 Å². The number of alkyl halides is 6. The summed E-state index contributed by atoms with van der Waals surface area (Å²) in [5.74, 6) is 0. The van der Waals surface area contributed by atoms with Gasteiger partial charge in [-0.2, -0.15) is 0 Å². The molecule has 0 nitrogen and oxygen atoms in total. The topological polar surface area (TPSA) is 0 Å². The van der Waals surface area contributed by atoms with Crippen molar-refractivity contribution in [3.05, 3.63) is 73.5 Å². The molecule has 0 radical (unpaired) electrons. The fourth-order valence-corrected chi connectivity index (χ4v) is 7.78. The third-order valence-corrected chi connectivity index (χ3v) is 8.76. The van der Waals surface area contributed by atoms with Crippen LogP contribution in [-0.4, -0.2) is 0 Å². The number of benzene rings is 1. The van der Waals surface area contributed by atoms with Crippen LogP contribution in [0.5, 0.6) is 0 Å². The zero-order valence-corrected chi connectivity index (χ0v) is 15.6. The van der Waals surface area contributed by atoms with Crippen LogP contribution in [0.3, 0.4) is 0 Å². The minimum absolute atomic E-state index is 0. The van der Waals surface area contributed by atoms with Crippen LogP contribution in [0.1, 0.15) is 24.0 Å². The van der Waals surface area contributed by atoms with Crippen LogP contribution in [0.4, 0.5) is 26.3 Å². The summed E-state index contributed by atoms with van der Waals surface area (Å²) in [5.41, 5.74) is -1.98. The standard InChI is InChI=1S/C8H3F6.2C5H5.ClH.Ti/c9-7(10,11)5-1-2-6(4-3-5)8(12,13)14;2*1-2-4-5-3-1;;/h1-3H;2*1-3H,4H2;1H;/q;;;;+1/p-1. The minimum Gasteiger partial charge on any atom is -1.00 e. The second kappa shape index (κ2) is 7.79. The van der Waals surface area contributed by atoms with Gasteiger partial charge < -0.3 is 12.4 Å². The Kier molecular flexibility index (Phi) is 6.31. The number of hydrogen-bond donors (Lipinski definition) is 0. The number of rotatable bonds is 3. The zero-order valence-electron chi connectivity index (χ0n) is 13.3. The van der Waals surface area contributed by atoms with Gasteiger partial charge in [0.15, 0.2) is 0 Å². The van der Waals surface area contributed by atoms with Crippen LogP contribution in [0.15, 0.2) is 62.4 Å². The van der Waals surface area contributed by atoms with E-state index in [1.54, 1.807) is 24.3 Å². The van der Waals surface area contributed by atoms with E-state index in [9.17, 15) is 26.3 Å². The summed E-state index contributed by atoms with van der Waals surface area (Å²) in [5, 5.41) is 0. The smallest absolute Gasteiger partial charge is 1.00 e. The summed E-state index contributed by atoms with van der Waals surface area (Å²) in [6.07, 6.45) is 2.32. The van der Waals surface area contributed by atoms with Crippen molar-refractivity contribution in [1.82, 2.24) is 0 Å². The normalized spacial score (nSPS) is 16.4. The minimum atomic E-state index is -4.68. The molecular weight excluding hydrogens is 414 g/mol. The Labute approximate surface area is 159 Å². The molecule has 0 bridgehead atoms. The van der Waals surface area contributed by atoms with Gasteiger partial charge in [-0.3, -0.25) is 0 Å². The molecule has 26 heavy (non-hydrogen) atoms. The molecule has 8 heteroatoms. The van der Waals surface area contributed by atoms with Crippen LogP contribution in [0.2, 0.25) is 0 Å². The van der Waals surface area contributed by atoms with Crippen LogP contribution in [0.25, 0.3) is 0 Å². The molecule has 3 rings (SSSR count). The van der Waals surface area contributed by atoms with Crippen molar-refractivity contribution in [1.29, 1.82) is 0 Å². The van der Waals surface area contributed by atoms with E-state index in [0.717, 1.165) is 13.8 Å². The predicted octanol–water partition coefficient (Wildman–Crippen LogP) is 2.66. The molecule has 1 aromatic rings. The van der Waals surface area contributed by atoms with Gasteiger partial charge in [-0.15, -0.1) is 0 Å². The fourth-order valence-electron chi connectivity index (χ4n) is 2.99. The van der Waals surface area contributed by atoms with Gasteiger partial charge in [0.05, 0.1) is 0 Å². The van der Waals surface area contributed by atoms with Crippen molar-refractivity contribution >= 4 is 3.87 Å². The van der Waals surface area contributed by atoms with E-state index in [0.29, 0.717) is 25.0 Å². The van der Waals surface area contributed by atoms with Crippen LogP contribution >= 0.6 is 0 Å². The SMILES string of the molecule is FC(F)(F)c1ccc(C(F)(F)F)[c]([Ti+]([C]2=CC=CC2)[C]2=CC=CC2)c1.[Cl-]. The van der Waals surface area contributed by atoms with E-state index >= 15 is 0 Å². The summed E-state index contributed by atoms with van der Waals surface area (Å²) in [6, 6.07) is 1.82. The van der Waals surface area contributed by atoms with Crippen LogP contribution < -0.4 is 16.3 Å². The molecule has 0 spiro atoms. The van der Waals surface area contributed by atoms with Crippen LogP contribution in [-0.2, 0) is 30.2 Å². The Balaban J connectivity index is 0.00000243. The maximum atomic E-state index is 13.5. The third kappa shape index (κ3) is 4.35. The van der Waals surface area contributed by atoms with E-state index in [-0.39, 0.29) is 16.3 Å². The maximum absolute atomic E-state index is 13.5. The van der Waals surface area contributed by atoms with E-state index in [2.05, 4.69) is 0 Å². The van der Waals surface area contributed by atoms with Crippen molar-refractivity contribution in [3.63, 3.8) is 0 Å². The Morgan fingerprint density at radius 2 is 1.31 bits per heavy atom. The molecule has 2 aliphatic carbocycles. The van der Waals surface area contributed by atoms with Gasteiger partial charge >= 0.3 is 147 Å². The average molecular weight is 427 g/mol. The van der Waals surface area contributed by atoms with Gasteiger partial charge in [-0.1, -0.05) is 0 Å².